The molecule has 0 saturated heterocycles. The Labute approximate surface area is 153 Å². The molecule has 1 atom stereocenters. The smallest absolute Gasteiger partial charge is 0.338 e. The quantitative estimate of drug-likeness (QED) is 0.255. The second-order valence-electron chi connectivity index (χ2n) is 5.89. The Kier molecular flexibility index (Phi) is 7.58. The summed E-state index contributed by atoms with van der Waals surface area (Å²) in [5, 5.41) is 12.4. The minimum absolute atomic E-state index is 0.184. The highest BCUT2D eigenvalue weighted by molar-refractivity contribution is 6.01. The molecule has 0 saturated carbocycles. The fourth-order valence-electron chi connectivity index (χ4n) is 2.40. The monoisotopic (exact) mass is 353 g/mol. The maximum Gasteiger partial charge on any atom is 0.338 e. The summed E-state index contributed by atoms with van der Waals surface area (Å²) in [6, 6.07) is 18.2. The van der Waals surface area contributed by atoms with Crippen molar-refractivity contribution in [3.05, 3.63) is 83.4 Å². The normalized spacial score (nSPS) is 13.3. The van der Waals surface area contributed by atoms with Crippen molar-refractivity contribution in [2.24, 2.45) is 5.16 Å². The summed E-state index contributed by atoms with van der Waals surface area (Å²) in [5.41, 5.74) is 2.71. The molecular weight excluding hydrogens is 330 g/mol. The third kappa shape index (κ3) is 6.18. The maximum absolute atomic E-state index is 12.0. The lowest BCUT2D eigenvalue weighted by Crippen LogP contribution is -2.15. The van der Waals surface area contributed by atoms with Crippen molar-refractivity contribution in [3.63, 3.8) is 0 Å². The van der Waals surface area contributed by atoms with Crippen molar-refractivity contribution >= 4 is 11.7 Å². The number of nitrogens with zero attached hydrogens (tertiary/aromatic N) is 1. The van der Waals surface area contributed by atoms with Gasteiger partial charge in [-0.1, -0.05) is 53.7 Å². The van der Waals surface area contributed by atoms with Gasteiger partial charge in [0.25, 0.3) is 0 Å². The molecule has 5 nitrogen and oxygen atoms in total. The molecule has 0 spiro atoms. The van der Waals surface area contributed by atoms with Crippen LogP contribution < -0.4 is 0 Å². The number of hydrogen-bond donors (Lipinski definition) is 1. The molecule has 0 bridgehead atoms. The number of carbonyl (C=O) groups is 1. The fraction of sp³-hybridized carbons (Fsp3) is 0.238. The maximum atomic E-state index is 12.0. The first-order chi connectivity index (χ1) is 12.6. The summed E-state index contributed by atoms with van der Waals surface area (Å²) >= 11 is 0. The van der Waals surface area contributed by atoms with Gasteiger partial charge in [0.05, 0.1) is 18.8 Å². The zero-order valence-electron chi connectivity index (χ0n) is 15.0. The van der Waals surface area contributed by atoms with Gasteiger partial charge in [-0.25, -0.2) is 4.79 Å². The van der Waals surface area contributed by atoms with Crippen molar-refractivity contribution in [2.45, 2.75) is 20.0 Å². The molecule has 0 heterocycles. The lowest BCUT2D eigenvalue weighted by molar-refractivity contribution is 0.0422. The summed E-state index contributed by atoms with van der Waals surface area (Å²) < 4.78 is 11.0. The molecule has 26 heavy (non-hydrogen) atoms. The number of oxime groups is 1. The van der Waals surface area contributed by atoms with E-state index in [0.29, 0.717) is 17.9 Å². The van der Waals surface area contributed by atoms with Crippen LogP contribution in [0.25, 0.3) is 0 Å². The summed E-state index contributed by atoms with van der Waals surface area (Å²) in [5.74, 6) is -0.359. The van der Waals surface area contributed by atoms with Crippen LogP contribution in [0.5, 0.6) is 0 Å². The number of esters is 1. The van der Waals surface area contributed by atoms with E-state index in [1.165, 1.54) is 0 Å². The number of rotatable bonds is 8. The zero-order valence-corrected chi connectivity index (χ0v) is 15.0. The number of benzene rings is 2. The first-order valence-corrected chi connectivity index (χ1v) is 8.37. The molecule has 0 amide bonds. The van der Waals surface area contributed by atoms with E-state index in [9.17, 15) is 4.79 Å². The van der Waals surface area contributed by atoms with E-state index in [-0.39, 0.29) is 18.7 Å². The summed E-state index contributed by atoms with van der Waals surface area (Å²) in [7, 11) is 0. The molecule has 1 unspecified atom stereocenters. The lowest BCUT2D eigenvalue weighted by atomic mass is 10.1. The van der Waals surface area contributed by atoms with Gasteiger partial charge in [0, 0.05) is 5.56 Å². The van der Waals surface area contributed by atoms with Gasteiger partial charge in [0.15, 0.2) is 0 Å². The molecule has 0 fully saturated rings. The Morgan fingerprint density at radius 3 is 2.19 bits per heavy atom. The molecule has 0 aliphatic carbocycles. The van der Waals surface area contributed by atoms with E-state index in [4.69, 9.17) is 14.7 Å². The minimum atomic E-state index is -0.369. The average Bonchev–Trinajstić information content (AvgIpc) is 2.66. The molecular formula is C21H23NO4. The molecule has 0 aliphatic heterocycles. The third-order valence-electron chi connectivity index (χ3n) is 3.62. The first-order valence-electron chi connectivity index (χ1n) is 8.37. The predicted molar refractivity (Wildman–Crippen MR) is 101 cm³/mol. The van der Waals surface area contributed by atoms with Crippen molar-refractivity contribution in [1.82, 2.24) is 0 Å². The molecule has 2 rings (SSSR count). The van der Waals surface area contributed by atoms with Gasteiger partial charge in [-0.3, -0.25) is 0 Å². The zero-order chi connectivity index (χ0) is 18.8. The Morgan fingerprint density at radius 2 is 1.62 bits per heavy atom. The van der Waals surface area contributed by atoms with Gasteiger partial charge >= 0.3 is 5.97 Å². The largest absolute Gasteiger partial charge is 0.455 e. The first kappa shape index (κ1) is 19.4. The van der Waals surface area contributed by atoms with Crippen molar-refractivity contribution in [2.75, 3.05) is 13.2 Å². The van der Waals surface area contributed by atoms with Crippen molar-refractivity contribution in [1.29, 1.82) is 0 Å². The van der Waals surface area contributed by atoms with Crippen LogP contribution in [-0.2, 0) is 9.47 Å². The molecule has 2 aromatic carbocycles. The fourth-order valence-corrected chi connectivity index (χ4v) is 2.40. The Morgan fingerprint density at radius 1 is 1.04 bits per heavy atom. The van der Waals surface area contributed by atoms with Crippen LogP contribution >= 0.6 is 0 Å². The molecule has 5 heteroatoms. The standard InChI is InChI=1S/C21H23NO4/c1-16(13-17(2)26-21(23)19-11-7-4-8-12-19)14-25-15-20(22-24)18-9-5-3-6-10-18/h3-13,17,24H,14-15H2,1-2H3/b16-13+,22-20+. The molecule has 1 N–H and O–H groups in total. The van der Waals surface area contributed by atoms with Gasteiger partial charge in [0.2, 0.25) is 0 Å². The van der Waals surface area contributed by atoms with Crippen LogP contribution in [0.3, 0.4) is 0 Å². The van der Waals surface area contributed by atoms with Gasteiger partial charge in [-0.2, -0.15) is 0 Å². The highest BCUT2D eigenvalue weighted by Gasteiger charge is 2.10. The van der Waals surface area contributed by atoms with E-state index in [1.807, 2.05) is 49.4 Å². The highest BCUT2D eigenvalue weighted by Crippen LogP contribution is 2.07. The Bertz CT molecular complexity index is 754. The van der Waals surface area contributed by atoms with Gasteiger partial charge in [-0.05, 0) is 37.6 Å². The third-order valence-corrected chi connectivity index (χ3v) is 3.62. The van der Waals surface area contributed by atoms with Crippen molar-refractivity contribution < 1.29 is 19.5 Å². The summed E-state index contributed by atoms with van der Waals surface area (Å²) in [6.45, 7) is 4.23. The molecule has 0 aromatic heterocycles. The average molecular weight is 353 g/mol. The van der Waals surface area contributed by atoms with E-state index in [1.54, 1.807) is 31.2 Å². The Hall–Kier alpha value is -2.92. The van der Waals surface area contributed by atoms with Crippen molar-refractivity contribution in [3.8, 4) is 0 Å². The SMILES string of the molecule is C/C(=C\C(C)OC(=O)c1ccccc1)COC/C(=N\O)c1ccccc1. The number of carbonyl (C=O) groups excluding carboxylic acids is 1. The van der Waals surface area contributed by atoms with Gasteiger partial charge in [-0.15, -0.1) is 0 Å². The summed E-state index contributed by atoms with van der Waals surface area (Å²) in [6.07, 6.45) is 1.46. The predicted octanol–water partition coefficient (Wildman–Crippen LogP) is 4.07. The number of hydrogen-bond acceptors (Lipinski definition) is 5. The van der Waals surface area contributed by atoms with Crippen LogP contribution in [-0.4, -0.2) is 36.2 Å². The number of ether oxygens (including phenoxy) is 2. The lowest BCUT2D eigenvalue weighted by Gasteiger charge is -2.12. The van der Waals surface area contributed by atoms with Gasteiger partial charge < -0.3 is 14.7 Å². The topological polar surface area (TPSA) is 68.1 Å². The van der Waals surface area contributed by atoms with Gasteiger partial charge in [0.1, 0.15) is 11.8 Å². The van der Waals surface area contributed by atoms with E-state index in [0.717, 1.165) is 11.1 Å². The van der Waals surface area contributed by atoms with Crippen LogP contribution in [0.1, 0.15) is 29.8 Å². The second kappa shape index (κ2) is 10.2. The van der Waals surface area contributed by atoms with Crippen LogP contribution in [0.15, 0.2) is 77.5 Å². The second-order valence-corrected chi connectivity index (χ2v) is 5.89. The Balaban J connectivity index is 1.81. The molecule has 136 valence electrons. The van der Waals surface area contributed by atoms with Crippen LogP contribution in [0, 0.1) is 0 Å². The minimum Gasteiger partial charge on any atom is -0.455 e. The van der Waals surface area contributed by atoms with Crippen LogP contribution in [0.2, 0.25) is 0 Å². The highest BCUT2D eigenvalue weighted by atomic mass is 16.5. The van der Waals surface area contributed by atoms with E-state index >= 15 is 0 Å². The van der Waals surface area contributed by atoms with E-state index in [2.05, 4.69) is 5.16 Å². The van der Waals surface area contributed by atoms with E-state index < -0.39 is 0 Å². The molecule has 0 aliphatic rings. The van der Waals surface area contributed by atoms with Crippen LogP contribution in [0.4, 0.5) is 0 Å². The molecule has 0 radical (unpaired) electrons. The molecule has 2 aromatic rings. The summed E-state index contributed by atoms with van der Waals surface area (Å²) in [4.78, 5) is 12.0.